The van der Waals surface area contributed by atoms with E-state index in [9.17, 15) is 0 Å². The number of hydrogen-bond acceptors (Lipinski definition) is 2. The van der Waals surface area contributed by atoms with Crippen molar-refractivity contribution in [1.29, 1.82) is 0 Å². The Hall–Kier alpha value is -1.08. The maximum atomic E-state index is 4.41. The third-order valence-electron chi connectivity index (χ3n) is 5.33. The number of halogens is 1. The summed E-state index contributed by atoms with van der Waals surface area (Å²) < 4.78 is 0. The van der Waals surface area contributed by atoms with Crippen molar-refractivity contribution in [3.8, 4) is 0 Å². The van der Waals surface area contributed by atoms with Crippen LogP contribution < -0.4 is 10.6 Å². The van der Waals surface area contributed by atoms with Crippen LogP contribution in [0.5, 0.6) is 0 Å². The van der Waals surface area contributed by atoms with E-state index in [4.69, 9.17) is 0 Å². The number of guanidine groups is 1. The molecule has 2 aliphatic rings. The second kappa shape index (κ2) is 10.3. The number of hydrogen-bond donors (Lipinski definition) is 2. The normalized spacial score (nSPS) is 23.8. The molecule has 1 saturated carbocycles. The summed E-state index contributed by atoms with van der Waals surface area (Å²) in [7, 11) is 1.87. The summed E-state index contributed by atoms with van der Waals surface area (Å²) in [4.78, 5) is 6.91. The molecule has 0 aromatic heterocycles. The van der Waals surface area contributed by atoms with Crippen LogP contribution in [0.2, 0.25) is 0 Å². The molecule has 5 heteroatoms. The van der Waals surface area contributed by atoms with Crippen LogP contribution in [0.4, 0.5) is 0 Å². The molecule has 2 unspecified atom stereocenters. The van der Waals surface area contributed by atoms with E-state index in [1.807, 2.05) is 7.05 Å². The predicted molar refractivity (Wildman–Crippen MR) is 121 cm³/mol. The Morgan fingerprint density at radius 3 is 2.54 bits per heavy atom. The van der Waals surface area contributed by atoms with Gasteiger partial charge in [0.15, 0.2) is 5.96 Å². The maximum Gasteiger partial charge on any atom is 0.191 e. The Kier molecular flexibility index (Phi) is 8.41. The zero-order valence-corrected chi connectivity index (χ0v) is 18.4. The van der Waals surface area contributed by atoms with Crippen LogP contribution in [-0.4, -0.2) is 50.1 Å². The first kappa shape index (κ1) is 21.2. The third kappa shape index (κ3) is 6.27. The molecule has 1 aromatic rings. The van der Waals surface area contributed by atoms with Crippen molar-refractivity contribution in [3.05, 3.63) is 48.0 Å². The molecule has 0 radical (unpaired) electrons. The van der Waals surface area contributed by atoms with Crippen molar-refractivity contribution in [2.24, 2.45) is 10.9 Å². The summed E-state index contributed by atoms with van der Waals surface area (Å²) in [5.41, 5.74) is 2.73. The first-order chi connectivity index (χ1) is 12.2. The smallest absolute Gasteiger partial charge is 0.191 e. The topological polar surface area (TPSA) is 39.7 Å². The minimum Gasteiger partial charge on any atom is -0.356 e. The Balaban J connectivity index is 0.00000243. The van der Waals surface area contributed by atoms with Gasteiger partial charge in [-0.15, -0.1) is 24.0 Å². The van der Waals surface area contributed by atoms with Crippen LogP contribution in [0.25, 0.3) is 0 Å². The van der Waals surface area contributed by atoms with Gasteiger partial charge < -0.3 is 10.6 Å². The summed E-state index contributed by atoms with van der Waals surface area (Å²) in [5.74, 6) is 2.41. The van der Waals surface area contributed by atoms with Crippen molar-refractivity contribution in [2.45, 2.75) is 38.1 Å². The molecule has 0 spiro atoms. The Morgan fingerprint density at radius 1 is 1.23 bits per heavy atom. The van der Waals surface area contributed by atoms with Crippen LogP contribution in [0.3, 0.4) is 0 Å². The lowest BCUT2D eigenvalue weighted by Gasteiger charge is -2.33. The molecule has 1 heterocycles. The zero-order valence-electron chi connectivity index (χ0n) is 16.1. The van der Waals surface area contributed by atoms with Gasteiger partial charge in [-0.05, 0) is 43.6 Å². The van der Waals surface area contributed by atoms with Gasteiger partial charge in [0.2, 0.25) is 0 Å². The number of likely N-dealkylation sites (tertiary alicyclic amines) is 1. The minimum atomic E-state index is 0. The van der Waals surface area contributed by atoms with Crippen LogP contribution in [0.1, 0.15) is 37.7 Å². The maximum absolute atomic E-state index is 4.41. The van der Waals surface area contributed by atoms with E-state index in [0.717, 1.165) is 44.0 Å². The highest BCUT2D eigenvalue weighted by Crippen LogP contribution is 2.46. The molecule has 2 fully saturated rings. The molecule has 2 atom stereocenters. The predicted octanol–water partition coefficient (Wildman–Crippen LogP) is 3.61. The first-order valence-corrected chi connectivity index (χ1v) is 9.54. The Labute approximate surface area is 175 Å². The van der Waals surface area contributed by atoms with Crippen molar-refractivity contribution in [3.63, 3.8) is 0 Å². The van der Waals surface area contributed by atoms with Gasteiger partial charge in [-0.1, -0.05) is 42.5 Å². The quantitative estimate of drug-likeness (QED) is 0.290. The van der Waals surface area contributed by atoms with Gasteiger partial charge in [0.1, 0.15) is 0 Å². The third-order valence-corrected chi connectivity index (χ3v) is 5.33. The number of piperidine rings is 1. The Morgan fingerprint density at radius 2 is 1.92 bits per heavy atom. The zero-order chi connectivity index (χ0) is 17.6. The highest BCUT2D eigenvalue weighted by Gasteiger charge is 2.37. The van der Waals surface area contributed by atoms with Gasteiger partial charge in [-0.25, -0.2) is 0 Å². The summed E-state index contributed by atoms with van der Waals surface area (Å²) in [6.07, 6.45) is 3.63. The molecule has 0 amide bonds. The lowest BCUT2D eigenvalue weighted by Crippen LogP contribution is -2.49. The van der Waals surface area contributed by atoms with E-state index in [-0.39, 0.29) is 24.0 Å². The van der Waals surface area contributed by atoms with Crippen molar-refractivity contribution >= 4 is 29.9 Å². The second-order valence-corrected chi connectivity index (χ2v) is 7.62. The molecule has 1 aliphatic carbocycles. The SMILES string of the molecule is C=C(C)CN1CCC(NC(=NC)NCC2CC2c2ccccc2)CC1.I. The highest BCUT2D eigenvalue weighted by atomic mass is 127. The molecule has 1 aromatic carbocycles. The van der Waals surface area contributed by atoms with Crippen LogP contribution >= 0.6 is 24.0 Å². The standard InChI is InChI=1S/C21H32N4.HI/c1-16(2)15-25-11-9-19(10-12-25)24-21(22-3)23-14-18-13-20(18)17-7-5-4-6-8-17;/h4-8,18-20H,1,9-15H2,2-3H3,(H2,22,23,24);1H. The summed E-state index contributed by atoms with van der Waals surface area (Å²) in [6, 6.07) is 11.4. The van der Waals surface area contributed by atoms with Gasteiger partial charge >= 0.3 is 0 Å². The lowest BCUT2D eigenvalue weighted by molar-refractivity contribution is 0.221. The first-order valence-electron chi connectivity index (χ1n) is 9.54. The molecule has 1 aliphatic heterocycles. The fourth-order valence-corrected chi connectivity index (χ4v) is 3.81. The van der Waals surface area contributed by atoms with Gasteiger partial charge in [-0.3, -0.25) is 9.89 Å². The molecular weight excluding hydrogens is 435 g/mol. The van der Waals surface area contributed by atoms with E-state index in [0.29, 0.717) is 6.04 Å². The van der Waals surface area contributed by atoms with Crippen molar-refractivity contribution < 1.29 is 0 Å². The van der Waals surface area contributed by atoms with E-state index in [2.05, 4.69) is 64.4 Å². The van der Waals surface area contributed by atoms with E-state index < -0.39 is 0 Å². The lowest BCUT2D eigenvalue weighted by atomic mass is 10.0. The van der Waals surface area contributed by atoms with Gasteiger partial charge in [-0.2, -0.15) is 0 Å². The average Bonchev–Trinajstić information content (AvgIpc) is 3.40. The Bertz CT molecular complexity index is 593. The largest absolute Gasteiger partial charge is 0.356 e. The molecular formula is C21H33IN4. The monoisotopic (exact) mass is 468 g/mol. The fourth-order valence-electron chi connectivity index (χ4n) is 3.81. The number of nitrogens with zero attached hydrogens (tertiary/aromatic N) is 2. The minimum absolute atomic E-state index is 0. The molecule has 0 bridgehead atoms. The number of rotatable bonds is 6. The number of benzene rings is 1. The van der Waals surface area contributed by atoms with Crippen molar-refractivity contribution in [2.75, 3.05) is 33.2 Å². The van der Waals surface area contributed by atoms with E-state index in [1.165, 1.54) is 30.4 Å². The summed E-state index contributed by atoms with van der Waals surface area (Å²) >= 11 is 0. The van der Waals surface area contributed by atoms with Crippen LogP contribution in [0, 0.1) is 5.92 Å². The summed E-state index contributed by atoms with van der Waals surface area (Å²) in [5, 5.41) is 7.14. The second-order valence-electron chi connectivity index (χ2n) is 7.62. The number of aliphatic imine (C=N–C) groups is 1. The van der Waals surface area contributed by atoms with Crippen molar-refractivity contribution in [1.82, 2.24) is 15.5 Å². The van der Waals surface area contributed by atoms with Crippen LogP contribution in [0.15, 0.2) is 47.5 Å². The van der Waals surface area contributed by atoms with Gasteiger partial charge in [0.25, 0.3) is 0 Å². The van der Waals surface area contributed by atoms with Gasteiger partial charge in [0, 0.05) is 39.3 Å². The van der Waals surface area contributed by atoms with E-state index >= 15 is 0 Å². The highest BCUT2D eigenvalue weighted by molar-refractivity contribution is 14.0. The summed E-state index contributed by atoms with van der Waals surface area (Å²) in [6.45, 7) is 10.4. The molecule has 3 rings (SSSR count). The molecule has 144 valence electrons. The van der Waals surface area contributed by atoms with Crippen LogP contribution in [-0.2, 0) is 0 Å². The molecule has 1 saturated heterocycles. The number of nitrogens with one attached hydrogen (secondary N) is 2. The van der Waals surface area contributed by atoms with Gasteiger partial charge in [0.05, 0.1) is 0 Å². The molecule has 26 heavy (non-hydrogen) atoms. The fraction of sp³-hybridized carbons (Fsp3) is 0.571. The average molecular weight is 468 g/mol. The molecule has 4 nitrogen and oxygen atoms in total. The molecule has 2 N–H and O–H groups in total. The van der Waals surface area contributed by atoms with E-state index in [1.54, 1.807) is 0 Å².